The second-order valence-corrected chi connectivity index (χ2v) is 10.3. The summed E-state index contributed by atoms with van der Waals surface area (Å²) in [5, 5.41) is 8.99. The standard InChI is InChI=1S/C21H42N3O4P/c1-14(2)18(15(3)25)22-19(27)16(24-29-9)10-11-17(26)23-21(7,8)12-13-28-20(4,5)6/h14,16,18,24,29H,10-13H2,1-9H3,(H,22,27)(H,23,26). The fourth-order valence-corrected chi connectivity index (χ4v) is 3.45. The largest absolute Gasteiger partial charge is 0.376 e. The molecule has 7 nitrogen and oxygen atoms in total. The minimum atomic E-state index is -0.512. The zero-order chi connectivity index (χ0) is 22.8. The Kier molecular flexibility index (Phi) is 12.2. The number of rotatable bonds is 13. The lowest BCUT2D eigenvalue weighted by atomic mass is 9.99. The summed E-state index contributed by atoms with van der Waals surface area (Å²) in [5.41, 5.74) is -0.599. The fourth-order valence-electron chi connectivity index (χ4n) is 2.82. The van der Waals surface area contributed by atoms with E-state index < -0.39 is 17.6 Å². The van der Waals surface area contributed by atoms with Crippen LogP contribution in [0.4, 0.5) is 0 Å². The summed E-state index contributed by atoms with van der Waals surface area (Å²) in [6, 6.07) is -1.01. The van der Waals surface area contributed by atoms with E-state index in [4.69, 9.17) is 4.74 Å². The quantitative estimate of drug-likeness (QED) is 0.390. The molecule has 3 N–H and O–H groups in total. The van der Waals surface area contributed by atoms with Crippen molar-refractivity contribution in [3.63, 3.8) is 0 Å². The van der Waals surface area contributed by atoms with Gasteiger partial charge in [-0.05, 0) is 67.0 Å². The molecule has 3 unspecified atom stereocenters. The number of ketones is 1. The van der Waals surface area contributed by atoms with E-state index in [1.807, 2.05) is 55.1 Å². The van der Waals surface area contributed by atoms with Crippen molar-refractivity contribution < 1.29 is 19.1 Å². The van der Waals surface area contributed by atoms with Crippen molar-refractivity contribution in [2.24, 2.45) is 5.92 Å². The van der Waals surface area contributed by atoms with Gasteiger partial charge in [-0.1, -0.05) is 22.6 Å². The second kappa shape index (κ2) is 12.6. The lowest BCUT2D eigenvalue weighted by Crippen LogP contribution is -2.50. The predicted octanol–water partition coefficient (Wildman–Crippen LogP) is 2.78. The molecule has 29 heavy (non-hydrogen) atoms. The maximum atomic E-state index is 12.6. The van der Waals surface area contributed by atoms with Gasteiger partial charge in [0.15, 0.2) is 5.78 Å². The Bertz CT molecular complexity index is 545. The Hall–Kier alpha value is -1.04. The number of hydrogen-bond acceptors (Lipinski definition) is 5. The monoisotopic (exact) mass is 431 g/mol. The summed E-state index contributed by atoms with van der Waals surface area (Å²) in [4.78, 5) is 36.8. The van der Waals surface area contributed by atoms with Gasteiger partial charge in [0, 0.05) is 18.6 Å². The van der Waals surface area contributed by atoms with Crippen LogP contribution in [0, 0.1) is 5.92 Å². The molecule has 0 aliphatic carbocycles. The zero-order valence-corrected chi connectivity index (χ0v) is 20.7. The van der Waals surface area contributed by atoms with Crippen molar-refractivity contribution >= 4 is 26.3 Å². The van der Waals surface area contributed by atoms with Crippen LogP contribution in [0.15, 0.2) is 0 Å². The van der Waals surface area contributed by atoms with E-state index in [-0.39, 0.29) is 35.5 Å². The van der Waals surface area contributed by atoms with Gasteiger partial charge < -0.3 is 15.4 Å². The molecule has 2 amide bonds. The highest BCUT2D eigenvalue weighted by Gasteiger charge is 2.27. The predicted molar refractivity (Wildman–Crippen MR) is 120 cm³/mol. The van der Waals surface area contributed by atoms with Gasteiger partial charge in [-0.15, -0.1) is 0 Å². The molecule has 0 aliphatic heterocycles. The molecule has 0 heterocycles. The van der Waals surface area contributed by atoms with Crippen LogP contribution in [0.1, 0.15) is 74.7 Å². The van der Waals surface area contributed by atoms with Crippen LogP contribution in [0.3, 0.4) is 0 Å². The molecule has 0 saturated heterocycles. The molecular formula is C21H42N3O4P. The second-order valence-electron chi connectivity index (χ2n) is 9.47. The van der Waals surface area contributed by atoms with E-state index >= 15 is 0 Å². The molecule has 0 aromatic heterocycles. The molecule has 0 saturated carbocycles. The van der Waals surface area contributed by atoms with Gasteiger partial charge in [0.25, 0.3) is 0 Å². The highest BCUT2D eigenvalue weighted by Crippen LogP contribution is 2.14. The number of ether oxygens (including phenoxy) is 1. The molecule has 3 atom stereocenters. The number of hydrogen-bond donors (Lipinski definition) is 3. The molecule has 8 heteroatoms. The summed E-state index contributed by atoms with van der Waals surface area (Å²) in [6.07, 6.45) is 1.30. The number of Topliss-reactive ketones (excluding diaryl/α,β-unsaturated/α-hetero) is 1. The minimum absolute atomic E-state index is 0.0144. The first-order valence-electron chi connectivity index (χ1n) is 10.4. The maximum absolute atomic E-state index is 12.6. The highest BCUT2D eigenvalue weighted by atomic mass is 31.1. The lowest BCUT2D eigenvalue weighted by molar-refractivity contribution is -0.129. The Labute approximate surface area is 178 Å². The topological polar surface area (TPSA) is 96.5 Å². The molecule has 0 aliphatic rings. The minimum Gasteiger partial charge on any atom is -0.376 e. The molecule has 0 rings (SSSR count). The lowest BCUT2D eigenvalue weighted by Gasteiger charge is -2.29. The first-order valence-corrected chi connectivity index (χ1v) is 11.9. The molecule has 0 bridgehead atoms. The van der Waals surface area contributed by atoms with Crippen LogP contribution in [0.25, 0.3) is 0 Å². The molecule has 0 aromatic rings. The van der Waals surface area contributed by atoms with Crippen molar-refractivity contribution in [2.45, 2.75) is 97.9 Å². The Balaban J connectivity index is 4.68. The van der Waals surface area contributed by atoms with E-state index in [1.54, 1.807) is 0 Å². The molecule has 170 valence electrons. The highest BCUT2D eigenvalue weighted by molar-refractivity contribution is 7.34. The van der Waals surface area contributed by atoms with E-state index in [2.05, 4.69) is 15.7 Å². The average Bonchev–Trinajstić information content (AvgIpc) is 2.53. The van der Waals surface area contributed by atoms with Gasteiger partial charge in [0.2, 0.25) is 11.8 Å². The van der Waals surface area contributed by atoms with Crippen molar-refractivity contribution in [3.05, 3.63) is 0 Å². The molecule has 0 radical (unpaired) electrons. The summed E-state index contributed by atoms with van der Waals surface area (Å²) in [6.45, 7) is 17.7. The molecule has 0 spiro atoms. The van der Waals surface area contributed by atoms with Crippen LogP contribution < -0.4 is 15.7 Å². The van der Waals surface area contributed by atoms with Crippen molar-refractivity contribution in [1.29, 1.82) is 0 Å². The SMILES string of the molecule is CPNC(CCC(=O)NC(C)(C)CCOC(C)(C)C)C(=O)NC(C(C)=O)C(C)C. The number of carbonyl (C=O) groups excluding carboxylic acids is 3. The summed E-state index contributed by atoms with van der Waals surface area (Å²) >= 11 is 0. The fraction of sp³-hybridized carbons (Fsp3) is 0.857. The smallest absolute Gasteiger partial charge is 0.238 e. The third kappa shape index (κ3) is 13.0. The van der Waals surface area contributed by atoms with E-state index in [9.17, 15) is 14.4 Å². The zero-order valence-electron chi connectivity index (χ0n) is 19.7. The molecule has 0 aromatic carbocycles. The number of amides is 2. The van der Waals surface area contributed by atoms with E-state index in [0.717, 1.165) is 0 Å². The van der Waals surface area contributed by atoms with Crippen LogP contribution in [0.5, 0.6) is 0 Å². The van der Waals surface area contributed by atoms with Gasteiger partial charge in [0.1, 0.15) is 0 Å². The van der Waals surface area contributed by atoms with Crippen molar-refractivity contribution in [3.8, 4) is 0 Å². The molecular weight excluding hydrogens is 389 g/mol. The van der Waals surface area contributed by atoms with Crippen LogP contribution in [0.2, 0.25) is 0 Å². The first-order chi connectivity index (χ1) is 13.2. The van der Waals surface area contributed by atoms with Gasteiger partial charge in [-0.2, -0.15) is 0 Å². The number of nitrogens with one attached hydrogen (secondary N) is 3. The van der Waals surface area contributed by atoms with Gasteiger partial charge in [-0.25, -0.2) is 0 Å². The summed E-state index contributed by atoms with van der Waals surface area (Å²) in [7, 11) is 0.360. The van der Waals surface area contributed by atoms with E-state index in [1.165, 1.54) is 6.92 Å². The maximum Gasteiger partial charge on any atom is 0.238 e. The normalized spacial score (nSPS) is 14.8. The average molecular weight is 432 g/mol. The van der Waals surface area contributed by atoms with Crippen molar-refractivity contribution in [2.75, 3.05) is 13.3 Å². The Morgan fingerprint density at radius 1 is 1.07 bits per heavy atom. The van der Waals surface area contributed by atoms with Gasteiger partial charge in [0.05, 0.1) is 17.7 Å². The Morgan fingerprint density at radius 2 is 1.66 bits per heavy atom. The molecule has 0 fully saturated rings. The first kappa shape index (κ1) is 28.0. The third-order valence-electron chi connectivity index (χ3n) is 4.44. The van der Waals surface area contributed by atoms with Gasteiger partial charge >= 0.3 is 0 Å². The van der Waals surface area contributed by atoms with Crippen LogP contribution in [-0.2, 0) is 19.1 Å². The van der Waals surface area contributed by atoms with Crippen LogP contribution >= 0.6 is 8.73 Å². The Morgan fingerprint density at radius 3 is 2.10 bits per heavy atom. The van der Waals surface area contributed by atoms with Gasteiger partial charge in [-0.3, -0.25) is 19.5 Å². The van der Waals surface area contributed by atoms with Crippen molar-refractivity contribution in [1.82, 2.24) is 15.7 Å². The summed E-state index contributed by atoms with van der Waals surface area (Å²) in [5.74, 6) is -0.390. The van der Waals surface area contributed by atoms with Crippen LogP contribution in [-0.4, -0.2) is 54.1 Å². The third-order valence-corrected chi connectivity index (χ3v) is 5.07. The van der Waals surface area contributed by atoms with E-state index in [0.29, 0.717) is 28.2 Å². The number of carbonyl (C=O) groups is 3. The summed E-state index contributed by atoms with van der Waals surface area (Å²) < 4.78 is 5.74.